The Bertz CT molecular complexity index is 822. The Morgan fingerprint density at radius 2 is 1.88 bits per heavy atom. The van der Waals surface area contributed by atoms with Gasteiger partial charge in [0.2, 0.25) is 0 Å². The average molecular weight is 358 g/mol. The van der Waals surface area contributed by atoms with Crippen LogP contribution in [-0.2, 0) is 22.4 Å². The van der Waals surface area contributed by atoms with Gasteiger partial charge in [-0.3, -0.25) is 4.79 Å². The fourth-order valence-electron chi connectivity index (χ4n) is 3.16. The van der Waals surface area contributed by atoms with Crippen molar-refractivity contribution in [3.63, 3.8) is 0 Å². The van der Waals surface area contributed by atoms with Crippen LogP contribution in [0.4, 0.5) is 5.69 Å². The van der Waals surface area contributed by atoms with Gasteiger partial charge in [-0.2, -0.15) is 0 Å². The topological polar surface area (TPSA) is 55.4 Å². The molecule has 0 saturated heterocycles. The standard InChI is InChI=1S/C20H20ClNO3/c1-12-8-13(2)19(17(21)9-12)22-18(23)11-25-20(24)16-7-6-14-4-3-5-15(14)10-16/h6-10H,3-5,11H2,1-2H3,(H,22,23). The van der Waals surface area contributed by atoms with Crippen molar-refractivity contribution in [2.24, 2.45) is 0 Å². The van der Waals surface area contributed by atoms with Gasteiger partial charge in [0, 0.05) is 0 Å². The van der Waals surface area contributed by atoms with E-state index in [1.807, 2.05) is 32.0 Å². The minimum atomic E-state index is -0.489. The van der Waals surface area contributed by atoms with E-state index in [-0.39, 0.29) is 6.61 Å². The van der Waals surface area contributed by atoms with Gasteiger partial charge in [0.15, 0.2) is 6.61 Å². The number of nitrogens with one attached hydrogen (secondary N) is 1. The smallest absolute Gasteiger partial charge is 0.338 e. The second-order valence-corrected chi connectivity index (χ2v) is 6.81. The molecule has 130 valence electrons. The summed E-state index contributed by atoms with van der Waals surface area (Å²) >= 11 is 6.17. The number of halogens is 1. The van der Waals surface area contributed by atoms with Gasteiger partial charge in [-0.15, -0.1) is 0 Å². The monoisotopic (exact) mass is 357 g/mol. The summed E-state index contributed by atoms with van der Waals surface area (Å²) in [6.07, 6.45) is 3.17. The second kappa shape index (κ2) is 7.28. The summed E-state index contributed by atoms with van der Waals surface area (Å²) in [6, 6.07) is 9.29. The number of rotatable bonds is 4. The first-order valence-electron chi connectivity index (χ1n) is 8.29. The average Bonchev–Trinajstić information content (AvgIpc) is 3.03. The summed E-state index contributed by atoms with van der Waals surface area (Å²) in [5.41, 5.74) is 5.40. The molecule has 0 heterocycles. The number of aryl methyl sites for hydroxylation is 4. The molecule has 25 heavy (non-hydrogen) atoms. The van der Waals surface area contributed by atoms with Crippen LogP contribution in [0.3, 0.4) is 0 Å². The molecule has 1 aliphatic rings. The number of carbonyl (C=O) groups excluding carboxylic acids is 2. The van der Waals surface area contributed by atoms with Gasteiger partial charge in [0.05, 0.1) is 16.3 Å². The molecule has 5 heteroatoms. The third-order valence-electron chi connectivity index (χ3n) is 4.36. The van der Waals surface area contributed by atoms with E-state index >= 15 is 0 Å². The fraction of sp³-hybridized carbons (Fsp3) is 0.300. The Kier molecular flexibility index (Phi) is 5.09. The lowest BCUT2D eigenvalue weighted by atomic mass is 10.1. The number of ether oxygens (including phenoxy) is 1. The molecule has 1 amide bonds. The summed E-state index contributed by atoms with van der Waals surface area (Å²) in [6.45, 7) is 3.45. The number of carbonyl (C=O) groups is 2. The molecule has 0 aliphatic heterocycles. The molecule has 3 rings (SSSR count). The summed E-state index contributed by atoms with van der Waals surface area (Å²) in [5.74, 6) is -0.903. The van der Waals surface area contributed by atoms with Gasteiger partial charge in [-0.05, 0) is 73.6 Å². The highest BCUT2D eigenvalue weighted by molar-refractivity contribution is 6.34. The van der Waals surface area contributed by atoms with Crippen LogP contribution in [0.1, 0.15) is 39.0 Å². The van der Waals surface area contributed by atoms with Gasteiger partial charge in [0.1, 0.15) is 0 Å². The first-order chi connectivity index (χ1) is 11.9. The van der Waals surface area contributed by atoms with E-state index < -0.39 is 11.9 Å². The Morgan fingerprint density at radius 3 is 2.64 bits per heavy atom. The number of anilines is 1. The molecular formula is C20H20ClNO3. The molecule has 0 saturated carbocycles. The zero-order chi connectivity index (χ0) is 18.0. The van der Waals surface area contributed by atoms with Crippen molar-refractivity contribution in [2.45, 2.75) is 33.1 Å². The molecule has 2 aromatic carbocycles. The van der Waals surface area contributed by atoms with Gasteiger partial charge in [-0.25, -0.2) is 4.79 Å². The van der Waals surface area contributed by atoms with Crippen LogP contribution in [-0.4, -0.2) is 18.5 Å². The van der Waals surface area contributed by atoms with Crippen LogP contribution in [0, 0.1) is 13.8 Å². The lowest BCUT2D eigenvalue weighted by Crippen LogP contribution is -2.21. The first-order valence-corrected chi connectivity index (χ1v) is 8.67. The van der Waals surface area contributed by atoms with Crippen LogP contribution >= 0.6 is 11.6 Å². The normalized spacial score (nSPS) is 12.6. The molecule has 0 spiro atoms. The molecule has 1 aliphatic carbocycles. The lowest BCUT2D eigenvalue weighted by Gasteiger charge is -2.12. The zero-order valence-electron chi connectivity index (χ0n) is 14.3. The van der Waals surface area contributed by atoms with Gasteiger partial charge in [0.25, 0.3) is 5.91 Å². The highest BCUT2D eigenvalue weighted by Gasteiger charge is 2.16. The summed E-state index contributed by atoms with van der Waals surface area (Å²) in [7, 11) is 0. The van der Waals surface area contributed by atoms with Crippen molar-refractivity contribution >= 4 is 29.2 Å². The number of esters is 1. The van der Waals surface area contributed by atoms with E-state index in [4.69, 9.17) is 16.3 Å². The van der Waals surface area contributed by atoms with Crippen molar-refractivity contribution in [3.05, 3.63) is 63.2 Å². The predicted octanol–water partition coefficient (Wildman–Crippen LogP) is 4.24. The molecule has 1 N–H and O–H groups in total. The van der Waals surface area contributed by atoms with Crippen molar-refractivity contribution < 1.29 is 14.3 Å². The molecule has 0 bridgehead atoms. The van der Waals surface area contributed by atoms with Crippen molar-refractivity contribution in [1.82, 2.24) is 0 Å². The molecule has 4 nitrogen and oxygen atoms in total. The zero-order valence-corrected chi connectivity index (χ0v) is 15.1. The Labute approximate surface area is 152 Å². The molecule has 0 radical (unpaired) electrons. The Morgan fingerprint density at radius 1 is 1.12 bits per heavy atom. The lowest BCUT2D eigenvalue weighted by molar-refractivity contribution is -0.119. The van der Waals surface area contributed by atoms with Gasteiger partial charge in [-0.1, -0.05) is 23.7 Å². The van der Waals surface area contributed by atoms with Gasteiger partial charge < -0.3 is 10.1 Å². The largest absolute Gasteiger partial charge is 0.452 e. The third kappa shape index (κ3) is 4.02. The SMILES string of the molecule is Cc1cc(C)c(NC(=O)COC(=O)c2ccc3c(c2)CCC3)c(Cl)c1. The fourth-order valence-corrected chi connectivity index (χ4v) is 3.53. The highest BCUT2D eigenvalue weighted by Crippen LogP contribution is 2.27. The van der Waals surface area contributed by atoms with Crippen molar-refractivity contribution in [2.75, 3.05) is 11.9 Å². The Hall–Kier alpha value is -2.33. The number of fused-ring (bicyclic) bond motifs is 1. The summed E-state index contributed by atoms with van der Waals surface area (Å²) < 4.78 is 5.13. The number of benzene rings is 2. The highest BCUT2D eigenvalue weighted by atomic mass is 35.5. The molecular weight excluding hydrogens is 338 g/mol. The van der Waals surface area contributed by atoms with E-state index in [1.54, 1.807) is 12.1 Å². The van der Waals surface area contributed by atoms with Crippen LogP contribution < -0.4 is 5.32 Å². The van der Waals surface area contributed by atoms with Crippen molar-refractivity contribution in [1.29, 1.82) is 0 Å². The van der Waals surface area contributed by atoms with Crippen LogP contribution in [0.2, 0.25) is 5.02 Å². The minimum absolute atomic E-state index is 0.348. The molecule has 0 atom stereocenters. The van der Waals surface area contributed by atoms with Crippen LogP contribution in [0.5, 0.6) is 0 Å². The number of amides is 1. The van der Waals surface area contributed by atoms with Crippen LogP contribution in [0.25, 0.3) is 0 Å². The second-order valence-electron chi connectivity index (χ2n) is 6.40. The summed E-state index contributed by atoms with van der Waals surface area (Å²) in [5, 5.41) is 3.17. The molecule has 0 aromatic heterocycles. The summed E-state index contributed by atoms with van der Waals surface area (Å²) in [4.78, 5) is 24.2. The molecule has 2 aromatic rings. The van der Waals surface area contributed by atoms with Gasteiger partial charge >= 0.3 is 5.97 Å². The number of hydrogen-bond donors (Lipinski definition) is 1. The maximum Gasteiger partial charge on any atom is 0.338 e. The van der Waals surface area contributed by atoms with Crippen LogP contribution in [0.15, 0.2) is 30.3 Å². The van der Waals surface area contributed by atoms with E-state index in [9.17, 15) is 9.59 Å². The first kappa shape index (κ1) is 17.5. The number of hydrogen-bond acceptors (Lipinski definition) is 3. The third-order valence-corrected chi connectivity index (χ3v) is 4.66. The van der Waals surface area contributed by atoms with E-state index in [2.05, 4.69) is 5.32 Å². The predicted molar refractivity (Wildman–Crippen MR) is 98.3 cm³/mol. The van der Waals surface area contributed by atoms with E-state index in [0.29, 0.717) is 16.3 Å². The molecule has 0 fully saturated rings. The molecule has 0 unspecified atom stereocenters. The quantitative estimate of drug-likeness (QED) is 0.832. The Balaban J connectivity index is 1.60. The minimum Gasteiger partial charge on any atom is -0.452 e. The maximum absolute atomic E-state index is 12.2. The maximum atomic E-state index is 12.2. The van der Waals surface area contributed by atoms with Crippen molar-refractivity contribution in [3.8, 4) is 0 Å². The van der Waals surface area contributed by atoms with E-state index in [1.165, 1.54) is 11.1 Å². The van der Waals surface area contributed by atoms with E-state index in [0.717, 1.165) is 30.4 Å².